The molecular formula is C14H19BrN4O. The molecule has 108 valence electrons. The molecule has 0 unspecified atom stereocenters. The van der Waals surface area contributed by atoms with Crippen molar-refractivity contribution in [2.24, 2.45) is 0 Å². The van der Waals surface area contributed by atoms with Crippen LogP contribution in [-0.4, -0.2) is 31.9 Å². The molecule has 1 aliphatic rings. The zero-order chi connectivity index (χ0) is 14.0. The normalized spacial score (nSPS) is 18.9. The van der Waals surface area contributed by atoms with Gasteiger partial charge in [-0.15, -0.1) is 5.10 Å². The van der Waals surface area contributed by atoms with Crippen LogP contribution in [0.5, 0.6) is 0 Å². The summed E-state index contributed by atoms with van der Waals surface area (Å²) < 4.78 is 2.64. The maximum absolute atomic E-state index is 10.6. The molecule has 5 nitrogen and oxygen atoms in total. The van der Waals surface area contributed by atoms with E-state index in [4.69, 9.17) is 0 Å². The summed E-state index contributed by atoms with van der Waals surface area (Å²) in [5, 5.41) is 18.2. The van der Waals surface area contributed by atoms with Gasteiger partial charge in [-0.2, -0.15) is 4.98 Å². The van der Waals surface area contributed by atoms with Crippen molar-refractivity contribution in [1.29, 1.82) is 0 Å². The van der Waals surface area contributed by atoms with E-state index in [9.17, 15) is 5.11 Å². The predicted octanol–water partition coefficient (Wildman–Crippen LogP) is 2.99. The number of aromatic nitrogens is 3. The Labute approximate surface area is 126 Å². The summed E-state index contributed by atoms with van der Waals surface area (Å²) in [6.07, 6.45) is 8.22. The number of anilines is 1. The molecule has 0 atom stereocenters. The largest absolute Gasteiger partial charge is 0.388 e. The van der Waals surface area contributed by atoms with Gasteiger partial charge in [0.1, 0.15) is 0 Å². The number of pyridine rings is 1. The van der Waals surface area contributed by atoms with Crippen LogP contribution in [0, 0.1) is 0 Å². The van der Waals surface area contributed by atoms with E-state index in [0.29, 0.717) is 12.5 Å². The molecule has 2 heterocycles. The van der Waals surface area contributed by atoms with E-state index in [2.05, 4.69) is 31.3 Å². The number of fused-ring (bicyclic) bond motifs is 1. The lowest BCUT2D eigenvalue weighted by atomic mass is 9.95. The number of hydrogen-bond acceptors (Lipinski definition) is 4. The minimum absolute atomic E-state index is 0.515. The smallest absolute Gasteiger partial charge is 0.243 e. The van der Waals surface area contributed by atoms with Crippen LogP contribution in [0.2, 0.25) is 0 Å². The highest BCUT2D eigenvalue weighted by molar-refractivity contribution is 9.10. The number of hydrogen-bond donors (Lipinski definition) is 2. The second kappa shape index (κ2) is 5.69. The van der Waals surface area contributed by atoms with Gasteiger partial charge < -0.3 is 10.4 Å². The van der Waals surface area contributed by atoms with Gasteiger partial charge in [0.15, 0.2) is 5.65 Å². The van der Waals surface area contributed by atoms with Gasteiger partial charge in [0.25, 0.3) is 0 Å². The van der Waals surface area contributed by atoms with E-state index in [0.717, 1.165) is 35.8 Å². The minimum Gasteiger partial charge on any atom is -0.388 e. The van der Waals surface area contributed by atoms with Crippen LogP contribution in [0.4, 0.5) is 5.95 Å². The minimum atomic E-state index is -0.620. The molecule has 0 amide bonds. The van der Waals surface area contributed by atoms with E-state index in [1.54, 1.807) is 4.52 Å². The standard InChI is InChI=1S/C14H19BrN4O/c15-11-6-5-9-19-12(11)17-13(18-19)16-10-14(20)7-3-1-2-4-8-14/h5-6,9,20H,1-4,7-8,10H2,(H,16,18). The molecule has 0 aliphatic heterocycles. The molecule has 6 heteroatoms. The van der Waals surface area contributed by atoms with Crippen LogP contribution in [0.3, 0.4) is 0 Å². The Morgan fingerprint density at radius 2 is 2.05 bits per heavy atom. The van der Waals surface area contributed by atoms with Crippen molar-refractivity contribution in [2.45, 2.75) is 44.1 Å². The van der Waals surface area contributed by atoms with Crippen LogP contribution in [0.15, 0.2) is 22.8 Å². The molecule has 2 aromatic heterocycles. The summed E-state index contributed by atoms with van der Waals surface area (Å²) in [5.74, 6) is 0.564. The number of nitrogens with zero attached hydrogens (tertiary/aromatic N) is 3. The fourth-order valence-corrected chi connectivity index (χ4v) is 3.18. The molecule has 1 saturated carbocycles. The van der Waals surface area contributed by atoms with E-state index in [-0.39, 0.29) is 0 Å². The zero-order valence-electron chi connectivity index (χ0n) is 11.3. The Hall–Kier alpha value is -1.14. The van der Waals surface area contributed by atoms with Gasteiger partial charge in [-0.1, -0.05) is 25.7 Å². The molecule has 0 radical (unpaired) electrons. The van der Waals surface area contributed by atoms with Gasteiger partial charge in [0, 0.05) is 12.7 Å². The van der Waals surface area contributed by atoms with Gasteiger partial charge >= 0.3 is 0 Å². The summed E-state index contributed by atoms with van der Waals surface area (Å²) in [7, 11) is 0. The van der Waals surface area contributed by atoms with Crippen molar-refractivity contribution in [3.63, 3.8) is 0 Å². The fraction of sp³-hybridized carbons (Fsp3) is 0.571. The molecular weight excluding hydrogens is 320 g/mol. The van der Waals surface area contributed by atoms with E-state index in [1.165, 1.54) is 12.8 Å². The maximum Gasteiger partial charge on any atom is 0.243 e. The van der Waals surface area contributed by atoms with Crippen LogP contribution in [0.25, 0.3) is 5.65 Å². The summed E-state index contributed by atoms with van der Waals surface area (Å²) in [5.41, 5.74) is 0.161. The van der Waals surface area contributed by atoms with E-state index >= 15 is 0 Å². The average molecular weight is 339 g/mol. The molecule has 2 aromatic rings. The first-order valence-corrected chi connectivity index (χ1v) is 7.93. The number of rotatable bonds is 3. The predicted molar refractivity (Wildman–Crippen MR) is 81.8 cm³/mol. The van der Waals surface area contributed by atoms with Gasteiger partial charge in [0.05, 0.1) is 10.1 Å². The van der Waals surface area contributed by atoms with Gasteiger partial charge in [-0.3, -0.25) is 0 Å². The van der Waals surface area contributed by atoms with Gasteiger partial charge in [-0.05, 0) is 40.9 Å². The highest BCUT2D eigenvalue weighted by atomic mass is 79.9. The maximum atomic E-state index is 10.6. The summed E-state index contributed by atoms with van der Waals surface area (Å²) >= 11 is 3.46. The topological polar surface area (TPSA) is 62.5 Å². The Bertz CT molecular complexity index is 590. The lowest BCUT2D eigenvalue weighted by Gasteiger charge is -2.26. The lowest BCUT2D eigenvalue weighted by molar-refractivity contribution is 0.0380. The summed E-state index contributed by atoms with van der Waals surface area (Å²) in [6, 6.07) is 3.85. The third-order valence-electron chi connectivity index (χ3n) is 3.92. The van der Waals surface area contributed by atoms with Crippen molar-refractivity contribution in [3.05, 3.63) is 22.8 Å². The SMILES string of the molecule is OC1(CNc2nc3c(Br)cccn3n2)CCCCCC1. The molecule has 1 aliphatic carbocycles. The van der Waals surface area contributed by atoms with E-state index in [1.807, 2.05) is 18.3 Å². The highest BCUT2D eigenvalue weighted by Gasteiger charge is 2.28. The third-order valence-corrected chi connectivity index (χ3v) is 4.54. The third kappa shape index (κ3) is 2.96. The van der Waals surface area contributed by atoms with Crippen molar-refractivity contribution >= 4 is 27.5 Å². The molecule has 20 heavy (non-hydrogen) atoms. The average Bonchev–Trinajstić information content (AvgIpc) is 2.74. The Morgan fingerprint density at radius 1 is 1.30 bits per heavy atom. The number of aliphatic hydroxyl groups is 1. The molecule has 0 bridgehead atoms. The van der Waals surface area contributed by atoms with Crippen LogP contribution < -0.4 is 5.32 Å². The molecule has 0 aromatic carbocycles. The second-order valence-corrected chi connectivity index (χ2v) is 6.41. The zero-order valence-corrected chi connectivity index (χ0v) is 12.9. The number of nitrogens with one attached hydrogen (secondary N) is 1. The van der Waals surface area contributed by atoms with E-state index < -0.39 is 5.60 Å². The van der Waals surface area contributed by atoms with Gasteiger partial charge in [0.2, 0.25) is 5.95 Å². The highest BCUT2D eigenvalue weighted by Crippen LogP contribution is 2.27. The monoisotopic (exact) mass is 338 g/mol. The first kappa shape index (κ1) is 13.8. The van der Waals surface area contributed by atoms with Crippen LogP contribution in [0.1, 0.15) is 38.5 Å². The Balaban J connectivity index is 1.71. The molecule has 1 fully saturated rings. The van der Waals surface area contributed by atoms with Crippen molar-refractivity contribution in [2.75, 3.05) is 11.9 Å². The molecule has 0 spiro atoms. The van der Waals surface area contributed by atoms with Crippen molar-refractivity contribution in [3.8, 4) is 0 Å². The van der Waals surface area contributed by atoms with Crippen LogP contribution in [-0.2, 0) is 0 Å². The van der Waals surface area contributed by atoms with Crippen molar-refractivity contribution < 1.29 is 5.11 Å². The first-order chi connectivity index (χ1) is 9.66. The first-order valence-electron chi connectivity index (χ1n) is 7.13. The fourth-order valence-electron chi connectivity index (χ4n) is 2.76. The summed E-state index contributed by atoms with van der Waals surface area (Å²) in [6.45, 7) is 0.515. The summed E-state index contributed by atoms with van der Waals surface area (Å²) in [4.78, 5) is 4.43. The molecule has 2 N–H and O–H groups in total. The lowest BCUT2D eigenvalue weighted by Crippen LogP contribution is -2.36. The Morgan fingerprint density at radius 3 is 2.75 bits per heavy atom. The molecule has 0 saturated heterocycles. The van der Waals surface area contributed by atoms with Crippen molar-refractivity contribution in [1.82, 2.24) is 14.6 Å². The van der Waals surface area contributed by atoms with Crippen LogP contribution >= 0.6 is 15.9 Å². The molecule has 3 rings (SSSR count). The number of halogens is 1. The second-order valence-electron chi connectivity index (χ2n) is 5.55. The Kier molecular flexibility index (Phi) is 3.94. The van der Waals surface area contributed by atoms with Gasteiger partial charge in [-0.25, -0.2) is 4.52 Å². The quantitative estimate of drug-likeness (QED) is 0.844.